The fourth-order valence-corrected chi connectivity index (χ4v) is 4.47. The van der Waals surface area contributed by atoms with Crippen LogP contribution in [-0.2, 0) is 17.4 Å². The van der Waals surface area contributed by atoms with Crippen LogP contribution in [0.2, 0.25) is 0 Å². The van der Waals surface area contributed by atoms with Crippen molar-refractivity contribution in [1.29, 1.82) is 0 Å². The minimum atomic E-state index is -4.44. The second-order valence-electron chi connectivity index (χ2n) is 9.13. The van der Waals surface area contributed by atoms with Gasteiger partial charge < -0.3 is 10.2 Å². The van der Waals surface area contributed by atoms with Crippen molar-refractivity contribution in [3.63, 3.8) is 0 Å². The standard InChI is InChI=1S/C26H25F5N4O/c1-15-11-22(18-5-7-19(8-6-18)26(29,30)31)35(13-15)25-23(28)24(32-14-33-25)34-21(16(2)36)12-17-3-9-20(27)10-4-17/h3-10,14-15,21-22H,11-13H2,1-2H3,(H,32,33,34). The molecule has 10 heteroatoms. The maximum absolute atomic E-state index is 15.6. The van der Waals surface area contributed by atoms with Gasteiger partial charge in [-0.25, -0.2) is 14.4 Å². The summed E-state index contributed by atoms with van der Waals surface area (Å²) in [5.74, 6) is -1.42. The molecule has 0 bridgehead atoms. The molecule has 1 aromatic heterocycles. The van der Waals surface area contributed by atoms with E-state index in [1.807, 2.05) is 6.92 Å². The molecule has 3 unspecified atom stereocenters. The molecular formula is C26H25F5N4O. The normalized spacial score (nSPS) is 18.8. The zero-order valence-electron chi connectivity index (χ0n) is 19.7. The fraction of sp³-hybridized carbons (Fsp3) is 0.346. The van der Waals surface area contributed by atoms with E-state index in [1.165, 1.54) is 37.5 Å². The molecule has 2 heterocycles. The van der Waals surface area contributed by atoms with E-state index in [0.717, 1.165) is 12.1 Å². The Morgan fingerprint density at radius 3 is 2.36 bits per heavy atom. The molecule has 1 N–H and O–H groups in total. The van der Waals surface area contributed by atoms with Gasteiger partial charge in [-0.3, -0.25) is 4.79 Å². The average Bonchev–Trinajstić information content (AvgIpc) is 3.22. The average molecular weight is 505 g/mol. The van der Waals surface area contributed by atoms with Gasteiger partial charge >= 0.3 is 6.18 Å². The van der Waals surface area contributed by atoms with Crippen LogP contribution >= 0.6 is 0 Å². The molecule has 3 aromatic rings. The number of anilines is 2. The van der Waals surface area contributed by atoms with Crippen molar-refractivity contribution in [1.82, 2.24) is 9.97 Å². The van der Waals surface area contributed by atoms with Crippen molar-refractivity contribution in [2.75, 3.05) is 16.8 Å². The van der Waals surface area contributed by atoms with Crippen LogP contribution in [0, 0.1) is 17.6 Å². The molecule has 36 heavy (non-hydrogen) atoms. The Morgan fingerprint density at radius 1 is 1.08 bits per heavy atom. The first-order valence-electron chi connectivity index (χ1n) is 11.5. The number of aromatic nitrogens is 2. The number of hydrogen-bond donors (Lipinski definition) is 1. The van der Waals surface area contributed by atoms with Crippen molar-refractivity contribution >= 4 is 17.4 Å². The number of nitrogens with one attached hydrogen (secondary N) is 1. The van der Waals surface area contributed by atoms with Crippen LogP contribution in [0.1, 0.15) is 43.0 Å². The number of hydrogen-bond acceptors (Lipinski definition) is 5. The van der Waals surface area contributed by atoms with E-state index in [1.54, 1.807) is 17.0 Å². The van der Waals surface area contributed by atoms with E-state index in [2.05, 4.69) is 15.3 Å². The summed E-state index contributed by atoms with van der Waals surface area (Å²) in [7, 11) is 0. The van der Waals surface area contributed by atoms with Crippen LogP contribution < -0.4 is 10.2 Å². The van der Waals surface area contributed by atoms with Gasteiger partial charge in [0.15, 0.2) is 17.4 Å². The van der Waals surface area contributed by atoms with E-state index in [4.69, 9.17) is 0 Å². The van der Waals surface area contributed by atoms with Crippen molar-refractivity contribution < 1.29 is 26.7 Å². The molecule has 5 nitrogen and oxygen atoms in total. The molecule has 3 atom stereocenters. The lowest BCUT2D eigenvalue weighted by atomic mass is 9.99. The summed E-state index contributed by atoms with van der Waals surface area (Å²) >= 11 is 0. The molecule has 0 aliphatic carbocycles. The Bertz CT molecular complexity index is 1210. The van der Waals surface area contributed by atoms with Gasteiger partial charge in [-0.1, -0.05) is 31.2 Å². The summed E-state index contributed by atoms with van der Waals surface area (Å²) in [6.07, 6.45) is -2.45. The van der Waals surface area contributed by atoms with Crippen LogP contribution in [0.15, 0.2) is 54.9 Å². The summed E-state index contributed by atoms with van der Waals surface area (Å²) < 4.78 is 67.8. The van der Waals surface area contributed by atoms with Crippen molar-refractivity contribution in [3.8, 4) is 0 Å². The lowest BCUT2D eigenvalue weighted by molar-refractivity contribution is -0.137. The SMILES string of the molecule is CC(=O)C(Cc1ccc(F)cc1)Nc1ncnc(N2CC(C)CC2c2ccc(C(F)(F)F)cc2)c1F. The molecule has 1 saturated heterocycles. The number of ketones is 1. The van der Waals surface area contributed by atoms with Gasteiger partial charge in [-0.05, 0) is 61.1 Å². The van der Waals surface area contributed by atoms with E-state index in [9.17, 15) is 22.4 Å². The van der Waals surface area contributed by atoms with Gasteiger partial charge in [0.1, 0.15) is 12.1 Å². The highest BCUT2D eigenvalue weighted by atomic mass is 19.4. The number of benzene rings is 2. The van der Waals surface area contributed by atoms with E-state index < -0.39 is 29.4 Å². The molecule has 190 valence electrons. The summed E-state index contributed by atoms with van der Waals surface area (Å²) in [6.45, 7) is 3.79. The highest BCUT2D eigenvalue weighted by Crippen LogP contribution is 2.40. The van der Waals surface area contributed by atoms with Gasteiger partial charge in [0.05, 0.1) is 17.6 Å². The maximum Gasteiger partial charge on any atom is 0.416 e. The Hall–Kier alpha value is -3.56. The summed E-state index contributed by atoms with van der Waals surface area (Å²) in [5, 5.41) is 2.84. The second kappa shape index (κ2) is 10.2. The minimum Gasteiger partial charge on any atom is -0.357 e. The monoisotopic (exact) mass is 504 g/mol. The third kappa shape index (κ3) is 5.63. The van der Waals surface area contributed by atoms with E-state index >= 15 is 4.39 Å². The van der Waals surface area contributed by atoms with Gasteiger partial charge in [-0.15, -0.1) is 0 Å². The molecule has 4 rings (SSSR count). The zero-order valence-corrected chi connectivity index (χ0v) is 19.7. The van der Waals surface area contributed by atoms with Crippen LogP contribution in [0.25, 0.3) is 0 Å². The number of Topliss-reactive ketones (excluding diaryl/α,β-unsaturated/α-hetero) is 1. The first kappa shape index (κ1) is 25.5. The topological polar surface area (TPSA) is 58.1 Å². The Kier molecular flexibility index (Phi) is 7.23. The molecule has 1 aliphatic heterocycles. The largest absolute Gasteiger partial charge is 0.416 e. The fourth-order valence-electron chi connectivity index (χ4n) is 4.47. The number of carbonyl (C=O) groups is 1. The quantitative estimate of drug-likeness (QED) is 0.402. The summed E-state index contributed by atoms with van der Waals surface area (Å²) in [5.41, 5.74) is 0.562. The molecule has 0 spiro atoms. The molecule has 0 amide bonds. The molecular weight excluding hydrogens is 479 g/mol. The predicted octanol–water partition coefficient (Wildman–Crippen LogP) is 5.97. The van der Waals surface area contributed by atoms with Gasteiger partial charge in [0.2, 0.25) is 5.82 Å². The third-order valence-electron chi connectivity index (χ3n) is 6.33. The third-order valence-corrected chi connectivity index (χ3v) is 6.33. The predicted molar refractivity (Wildman–Crippen MR) is 125 cm³/mol. The highest BCUT2D eigenvalue weighted by Gasteiger charge is 2.35. The number of rotatable bonds is 7. The minimum absolute atomic E-state index is 0.00540. The van der Waals surface area contributed by atoms with Crippen LogP contribution in [0.5, 0.6) is 0 Å². The van der Waals surface area contributed by atoms with Crippen LogP contribution in [-0.4, -0.2) is 28.3 Å². The molecule has 1 fully saturated rings. The number of nitrogens with zero attached hydrogens (tertiary/aromatic N) is 3. The molecule has 1 aliphatic rings. The number of carbonyl (C=O) groups excluding carboxylic acids is 1. The molecule has 2 aromatic carbocycles. The maximum atomic E-state index is 15.6. The van der Waals surface area contributed by atoms with Crippen molar-refractivity contribution in [2.24, 2.45) is 5.92 Å². The van der Waals surface area contributed by atoms with Crippen LogP contribution in [0.3, 0.4) is 0 Å². The van der Waals surface area contributed by atoms with Gasteiger partial charge in [-0.2, -0.15) is 17.6 Å². The lowest BCUT2D eigenvalue weighted by Crippen LogP contribution is -2.32. The second-order valence-corrected chi connectivity index (χ2v) is 9.13. The first-order valence-corrected chi connectivity index (χ1v) is 11.5. The van der Waals surface area contributed by atoms with Crippen LogP contribution in [0.4, 0.5) is 33.6 Å². The zero-order chi connectivity index (χ0) is 26.0. The number of alkyl halides is 3. The van der Waals surface area contributed by atoms with Crippen molar-refractivity contribution in [3.05, 3.63) is 83.2 Å². The Labute approximate surface area is 205 Å². The summed E-state index contributed by atoms with van der Waals surface area (Å²) in [4.78, 5) is 22.1. The van der Waals surface area contributed by atoms with E-state index in [-0.39, 0.29) is 35.8 Å². The highest BCUT2D eigenvalue weighted by molar-refractivity contribution is 5.84. The summed E-state index contributed by atoms with van der Waals surface area (Å²) in [6, 6.07) is 9.34. The van der Waals surface area contributed by atoms with E-state index in [0.29, 0.717) is 24.1 Å². The van der Waals surface area contributed by atoms with Gasteiger partial charge in [0, 0.05) is 6.54 Å². The molecule has 0 saturated carbocycles. The van der Waals surface area contributed by atoms with Crippen molar-refractivity contribution in [2.45, 2.75) is 44.9 Å². The smallest absolute Gasteiger partial charge is 0.357 e. The lowest BCUT2D eigenvalue weighted by Gasteiger charge is -2.27. The molecule has 0 radical (unpaired) electrons. The first-order chi connectivity index (χ1) is 17.0. The van der Waals surface area contributed by atoms with Gasteiger partial charge in [0.25, 0.3) is 0 Å². The Balaban J connectivity index is 1.59. The Morgan fingerprint density at radius 2 is 1.75 bits per heavy atom. The number of halogens is 5.